The molecule has 11 heteroatoms. The number of rotatable bonds is 6. The molecule has 2 fully saturated rings. The Morgan fingerprint density at radius 2 is 1.78 bits per heavy atom. The Balaban J connectivity index is 1.63. The molecule has 3 aliphatic rings. The van der Waals surface area contributed by atoms with Gasteiger partial charge in [0.25, 0.3) is 5.88 Å². The first kappa shape index (κ1) is 25.2. The van der Waals surface area contributed by atoms with Gasteiger partial charge < -0.3 is 27.9 Å². The van der Waals surface area contributed by atoms with Crippen LogP contribution in [0.3, 0.4) is 0 Å². The number of benzene rings is 1. The van der Waals surface area contributed by atoms with Crippen molar-refractivity contribution in [1.82, 2.24) is 10.1 Å². The van der Waals surface area contributed by atoms with Gasteiger partial charge in [-0.25, -0.2) is 0 Å². The predicted molar refractivity (Wildman–Crippen MR) is 129 cm³/mol. The van der Waals surface area contributed by atoms with Crippen LogP contribution in [-0.4, -0.2) is 73.9 Å². The Labute approximate surface area is 210 Å². The fourth-order valence-corrected chi connectivity index (χ4v) is 6.40. The summed E-state index contributed by atoms with van der Waals surface area (Å²) < 4.78 is 36.3. The fraction of sp³-hybridized carbons (Fsp3) is 0.560. The van der Waals surface area contributed by atoms with Gasteiger partial charge in [-0.1, -0.05) is 30.3 Å². The highest BCUT2D eigenvalue weighted by atomic mass is 28.4. The second kappa shape index (κ2) is 8.57. The number of hydrogen-bond acceptors (Lipinski definition) is 10. The van der Waals surface area contributed by atoms with Crippen molar-refractivity contribution in [3.05, 3.63) is 47.2 Å². The quantitative estimate of drug-likeness (QED) is 0.420. The van der Waals surface area contributed by atoms with E-state index in [4.69, 9.17) is 27.9 Å². The van der Waals surface area contributed by atoms with Gasteiger partial charge in [0.15, 0.2) is 32.3 Å². The van der Waals surface area contributed by atoms with Crippen LogP contribution in [0.2, 0.25) is 19.6 Å². The second-order valence-electron chi connectivity index (χ2n) is 11.0. The Hall–Kier alpha value is -2.41. The number of ketones is 2. The van der Waals surface area contributed by atoms with Gasteiger partial charge in [0.05, 0.1) is 0 Å². The van der Waals surface area contributed by atoms with E-state index >= 15 is 0 Å². The summed E-state index contributed by atoms with van der Waals surface area (Å²) in [6, 6.07) is 8.83. The number of nitrogens with zero attached hydrogens (tertiary/aromatic N) is 2. The van der Waals surface area contributed by atoms with E-state index in [0.29, 0.717) is 0 Å². The summed E-state index contributed by atoms with van der Waals surface area (Å²) in [5.74, 6) is -1.90. The molecule has 194 valence electrons. The van der Waals surface area contributed by atoms with Gasteiger partial charge in [-0.3, -0.25) is 14.5 Å². The average molecular weight is 517 g/mol. The highest BCUT2D eigenvalue weighted by Crippen LogP contribution is 2.52. The van der Waals surface area contributed by atoms with Crippen LogP contribution in [-0.2, 0) is 30.0 Å². The molecule has 0 saturated carbocycles. The summed E-state index contributed by atoms with van der Waals surface area (Å²) in [5, 5.41) is 4.08. The average Bonchev–Trinajstić information content (AvgIpc) is 3.34. The first-order valence-electron chi connectivity index (χ1n) is 12.0. The maximum Gasteiger partial charge on any atom is 0.265 e. The maximum atomic E-state index is 14.4. The van der Waals surface area contributed by atoms with E-state index in [1.807, 2.05) is 69.0 Å². The summed E-state index contributed by atoms with van der Waals surface area (Å²) in [5.41, 5.74) is -0.979. The molecule has 1 aromatic carbocycles. The molecule has 2 saturated heterocycles. The third kappa shape index (κ3) is 4.03. The largest absolute Gasteiger partial charge is 0.470 e. The van der Waals surface area contributed by atoms with Gasteiger partial charge in [0.2, 0.25) is 17.2 Å². The number of ether oxygens (including phenoxy) is 4. The van der Waals surface area contributed by atoms with Gasteiger partial charge in [-0.2, -0.15) is 0 Å². The van der Waals surface area contributed by atoms with Crippen molar-refractivity contribution >= 4 is 19.9 Å². The van der Waals surface area contributed by atoms with Crippen molar-refractivity contribution in [3.63, 3.8) is 0 Å². The molecule has 0 radical (unpaired) electrons. The van der Waals surface area contributed by atoms with Gasteiger partial charge in [-0.05, 0) is 58.3 Å². The van der Waals surface area contributed by atoms with Crippen LogP contribution in [0.1, 0.15) is 41.6 Å². The van der Waals surface area contributed by atoms with Crippen LogP contribution in [0, 0.1) is 0 Å². The van der Waals surface area contributed by atoms with Crippen LogP contribution in [0.15, 0.2) is 34.9 Å². The van der Waals surface area contributed by atoms with Crippen molar-refractivity contribution < 1.29 is 37.5 Å². The van der Waals surface area contributed by atoms with Gasteiger partial charge in [0.1, 0.15) is 24.3 Å². The lowest BCUT2D eigenvalue weighted by Gasteiger charge is -2.51. The van der Waals surface area contributed by atoms with Crippen molar-refractivity contribution in [2.45, 2.75) is 76.0 Å². The number of carbonyl (C=O) groups is 2. The first-order chi connectivity index (χ1) is 16.8. The van der Waals surface area contributed by atoms with Gasteiger partial charge in [0, 0.05) is 0 Å². The van der Waals surface area contributed by atoms with Crippen molar-refractivity contribution in [1.29, 1.82) is 0 Å². The van der Waals surface area contributed by atoms with E-state index in [0.717, 1.165) is 5.56 Å². The maximum absolute atomic E-state index is 14.4. The van der Waals surface area contributed by atoms with E-state index in [-0.39, 0.29) is 23.8 Å². The highest BCUT2D eigenvalue weighted by molar-refractivity contribution is 6.70. The van der Waals surface area contributed by atoms with Crippen molar-refractivity contribution in [2.24, 2.45) is 0 Å². The Morgan fingerprint density at radius 1 is 1.08 bits per heavy atom. The summed E-state index contributed by atoms with van der Waals surface area (Å²) in [6.45, 7) is 9.33. The number of aromatic nitrogens is 1. The normalized spacial score (nSPS) is 31.2. The molecule has 36 heavy (non-hydrogen) atoms. The number of Topliss-reactive ketones (excluding diaryl/α,β-unsaturated/α-hetero) is 2. The third-order valence-corrected chi connectivity index (χ3v) is 7.35. The minimum Gasteiger partial charge on any atom is -0.470 e. The van der Waals surface area contributed by atoms with Crippen molar-refractivity contribution in [2.75, 3.05) is 14.1 Å². The number of fused-ring (bicyclic) bond motifs is 3. The molecule has 0 N–H and O–H groups in total. The minimum absolute atomic E-state index is 0.0153. The second-order valence-corrected chi connectivity index (χ2v) is 15.5. The van der Waals surface area contributed by atoms with Crippen LogP contribution in [0.25, 0.3) is 0 Å². The lowest BCUT2D eigenvalue weighted by atomic mass is 9.71. The molecule has 5 atom stereocenters. The Morgan fingerprint density at radius 3 is 2.42 bits per heavy atom. The summed E-state index contributed by atoms with van der Waals surface area (Å²) in [4.78, 5) is 30.4. The molecule has 5 rings (SSSR count). The summed E-state index contributed by atoms with van der Waals surface area (Å²) >= 11 is 0. The third-order valence-electron chi connectivity index (χ3n) is 6.41. The number of hydrogen-bond donors (Lipinski definition) is 0. The number of likely N-dealkylation sites (N-methyl/N-ethyl adjacent to an activating group) is 1. The zero-order chi connectivity index (χ0) is 26.0. The number of carbonyl (C=O) groups excluding carboxylic acids is 2. The fourth-order valence-electron chi connectivity index (χ4n) is 5.13. The first-order valence-corrected chi connectivity index (χ1v) is 15.4. The zero-order valence-corrected chi connectivity index (χ0v) is 22.6. The van der Waals surface area contributed by atoms with Crippen LogP contribution in [0.4, 0.5) is 0 Å². The van der Waals surface area contributed by atoms with E-state index in [9.17, 15) is 9.59 Å². The Bertz CT molecular complexity index is 1170. The molecule has 1 aromatic heterocycles. The Kier molecular flexibility index (Phi) is 6.01. The molecular weight excluding hydrogens is 484 g/mol. The summed E-state index contributed by atoms with van der Waals surface area (Å²) in [6.07, 6.45) is -3.14. The molecule has 2 aromatic rings. The molecule has 1 aliphatic carbocycles. The molecule has 0 spiro atoms. The van der Waals surface area contributed by atoms with Crippen LogP contribution < -0.4 is 4.74 Å². The van der Waals surface area contributed by atoms with E-state index < -0.39 is 55.8 Å². The molecule has 0 unspecified atom stereocenters. The molecule has 0 bridgehead atoms. The van der Waals surface area contributed by atoms with E-state index in [2.05, 4.69) is 5.16 Å². The molecule has 2 aliphatic heterocycles. The zero-order valence-electron chi connectivity index (χ0n) is 21.6. The van der Waals surface area contributed by atoms with E-state index in [1.165, 1.54) is 0 Å². The standard InChI is InChI=1S/C25H32N2O8Si/c1-24(2)32-18-20(29)25(35-36(5,6)7)19(28)15-17(16(27(3)4)21(25)31-23(18)33-24)34-26-22(15)30-13-14-11-9-8-10-12-14/h8-12,16,18,21,23H,13H2,1-7H3/t16-,18-,21-,23-,25+/m0/s1. The lowest BCUT2D eigenvalue weighted by Crippen LogP contribution is -2.73. The topological polar surface area (TPSA) is 110 Å². The van der Waals surface area contributed by atoms with Crippen molar-refractivity contribution in [3.8, 4) is 5.88 Å². The molecule has 0 amide bonds. The molecule has 3 heterocycles. The van der Waals surface area contributed by atoms with Crippen LogP contribution in [0.5, 0.6) is 5.88 Å². The molecule has 10 nitrogen and oxygen atoms in total. The monoisotopic (exact) mass is 516 g/mol. The summed E-state index contributed by atoms with van der Waals surface area (Å²) in [7, 11) is 1.12. The van der Waals surface area contributed by atoms with Gasteiger partial charge in [-0.15, -0.1) is 0 Å². The lowest BCUT2D eigenvalue weighted by molar-refractivity contribution is -0.245. The minimum atomic E-state index is -2.51. The van der Waals surface area contributed by atoms with Gasteiger partial charge >= 0.3 is 0 Å². The smallest absolute Gasteiger partial charge is 0.265 e. The SMILES string of the molecule is CN(C)[C@H]1c2onc(OCc3ccccc3)c2C(=O)[C@@]2(O[Si](C)(C)C)C(=O)[C@@H]3OC(C)(C)O[C@@H]3O[C@@H]12. The highest BCUT2D eigenvalue weighted by Gasteiger charge is 2.71. The molecular formula is C25H32N2O8Si. The van der Waals surface area contributed by atoms with E-state index in [1.54, 1.807) is 13.8 Å². The predicted octanol–water partition coefficient (Wildman–Crippen LogP) is 3.09. The van der Waals surface area contributed by atoms with Crippen LogP contribution >= 0.6 is 0 Å².